The molecular formula is C30H11NO. The summed E-state index contributed by atoms with van der Waals surface area (Å²) in [5.41, 5.74) is 6.17. The van der Waals surface area contributed by atoms with Gasteiger partial charge in [0.25, 0.3) is 0 Å². The predicted molar refractivity (Wildman–Crippen MR) is 127 cm³/mol. The summed E-state index contributed by atoms with van der Waals surface area (Å²) in [6.07, 6.45) is 4.93. The Labute approximate surface area is 190 Å². The van der Waals surface area contributed by atoms with Crippen molar-refractivity contribution in [2.24, 2.45) is 5.73 Å². The lowest BCUT2D eigenvalue weighted by molar-refractivity contribution is 0.327. The number of nitrogens with two attached hydrogens (primary N) is 1. The van der Waals surface area contributed by atoms with Gasteiger partial charge in [0, 0.05) is 30.2 Å². The Morgan fingerprint density at radius 1 is 0.594 bits per heavy atom. The first-order valence-electron chi connectivity index (χ1n) is 8.77. The topological polar surface area (TPSA) is 35.2 Å². The van der Waals surface area contributed by atoms with Gasteiger partial charge < -0.3 is 10.5 Å². The molecule has 1 aromatic rings. The fourth-order valence-corrected chi connectivity index (χ4v) is 1.53. The highest BCUT2D eigenvalue weighted by molar-refractivity contribution is 5.50. The molecule has 0 radical (unpaired) electrons. The van der Waals surface area contributed by atoms with Crippen molar-refractivity contribution in [2.45, 2.75) is 0 Å². The van der Waals surface area contributed by atoms with E-state index in [1.807, 2.05) is 24.3 Å². The first-order valence-corrected chi connectivity index (χ1v) is 8.77. The predicted octanol–water partition coefficient (Wildman–Crippen LogP) is 1.04. The van der Waals surface area contributed by atoms with Gasteiger partial charge in [-0.25, -0.2) is 0 Å². The molecule has 1 aromatic carbocycles. The summed E-state index contributed by atoms with van der Waals surface area (Å²) in [6, 6.07) is 7.39. The summed E-state index contributed by atoms with van der Waals surface area (Å²) in [7, 11) is 0. The third-order valence-corrected chi connectivity index (χ3v) is 2.66. The molecule has 2 nitrogen and oxygen atoms in total. The van der Waals surface area contributed by atoms with Crippen molar-refractivity contribution in [3.05, 3.63) is 29.8 Å². The Morgan fingerprint density at radius 2 is 1.00 bits per heavy atom. The van der Waals surface area contributed by atoms with Crippen LogP contribution in [0.4, 0.5) is 0 Å². The molecule has 2 heteroatoms. The summed E-state index contributed by atoms with van der Waals surface area (Å²) in [5, 5.41) is 0. The number of para-hydroxylation sites is 1. The van der Waals surface area contributed by atoms with Crippen molar-refractivity contribution < 1.29 is 4.74 Å². The molecule has 1 rings (SSSR count). The van der Waals surface area contributed by atoms with E-state index in [4.69, 9.17) is 16.9 Å². The highest BCUT2D eigenvalue weighted by Crippen LogP contribution is 2.16. The van der Waals surface area contributed by atoms with Gasteiger partial charge in [-0.15, -0.1) is 6.42 Å². The highest BCUT2D eigenvalue weighted by Gasteiger charge is 1.98. The van der Waals surface area contributed by atoms with Crippen LogP contribution in [0.1, 0.15) is 5.56 Å². The second kappa shape index (κ2) is 18.5. The Bertz CT molecular complexity index is 1510. The third-order valence-electron chi connectivity index (χ3n) is 2.66. The van der Waals surface area contributed by atoms with Crippen molar-refractivity contribution in [3.63, 3.8) is 0 Å². The van der Waals surface area contributed by atoms with Crippen LogP contribution in [-0.2, 0) is 0 Å². The smallest absolute Gasteiger partial charge is 0.135 e. The number of terminal acetylenes is 1. The van der Waals surface area contributed by atoms with E-state index in [-0.39, 0.29) is 0 Å². The number of hydrogen-bond donors (Lipinski definition) is 1. The zero-order valence-electron chi connectivity index (χ0n) is 16.8. The van der Waals surface area contributed by atoms with Crippen molar-refractivity contribution >= 4 is 0 Å². The van der Waals surface area contributed by atoms with Crippen molar-refractivity contribution in [3.8, 4) is 137 Å². The van der Waals surface area contributed by atoms with Crippen LogP contribution in [0.2, 0.25) is 0 Å². The van der Waals surface area contributed by atoms with Gasteiger partial charge in [-0.2, -0.15) is 0 Å². The summed E-state index contributed by atoms with van der Waals surface area (Å²) >= 11 is 0. The molecule has 0 aliphatic rings. The zero-order valence-corrected chi connectivity index (χ0v) is 16.8. The Hall–Kier alpha value is -5.86. The van der Waals surface area contributed by atoms with Crippen LogP contribution in [0.3, 0.4) is 0 Å². The van der Waals surface area contributed by atoms with Crippen molar-refractivity contribution in [2.75, 3.05) is 13.2 Å². The minimum atomic E-state index is 0.422. The molecule has 2 N–H and O–H groups in total. The molecule has 0 unspecified atom stereocenters. The number of rotatable bonds is 3. The van der Waals surface area contributed by atoms with E-state index >= 15 is 0 Å². The van der Waals surface area contributed by atoms with E-state index in [1.54, 1.807) is 0 Å². The molecule has 0 aliphatic heterocycles. The summed E-state index contributed by atoms with van der Waals surface area (Å²) in [6.45, 7) is 0.853. The molecule has 0 aromatic heterocycles. The number of ether oxygens (including phenoxy) is 1. The number of hydrogen-bond acceptors (Lipinski definition) is 2. The van der Waals surface area contributed by atoms with Gasteiger partial charge >= 0.3 is 0 Å². The van der Waals surface area contributed by atoms with Crippen LogP contribution in [0.25, 0.3) is 0 Å². The van der Waals surface area contributed by atoms with E-state index in [0.29, 0.717) is 18.9 Å². The van der Waals surface area contributed by atoms with E-state index in [9.17, 15) is 0 Å². The first kappa shape index (κ1) is 24.2. The SMILES string of the molecule is C#CC#CC#CC#CC#CC#CC#CC#CC#CC#CC#Cc1ccccc1OCCN. The molecule has 142 valence electrons. The van der Waals surface area contributed by atoms with E-state index in [1.165, 1.54) is 0 Å². The highest BCUT2D eigenvalue weighted by atomic mass is 16.5. The summed E-state index contributed by atoms with van der Waals surface area (Å²) < 4.78 is 5.51. The van der Waals surface area contributed by atoms with Gasteiger partial charge in [0.05, 0.1) is 5.56 Å². The van der Waals surface area contributed by atoms with E-state index in [0.717, 1.165) is 5.56 Å². The van der Waals surface area contributed by atoms with Gasteiger partial charge in [-0.3, -0.25) is 0 Å². The molecule has 0 bridgehead atoms. The first-order chi connectivity index (χ1) is 15.9. The van der Waals surface area contributed by atoms with Gasteiger partial charge in [0.2, 0.25) is 0 Å². The minimum absolute atomic E-state index is 0.422. The van der Waals surface area contributed by atoms with Crippen molar-refractivity contribution in [1.82, 2.24) is 0 Å². The molecule has 0 saturated heterocycles. The maximum Gasteiger partial charge on any atom is 0.135 e. The van der Waals surface area contributed by atoms with Crippen LogP contribution in [0, 0.1) is 131 Å². The Balaban J connectivity index is 2.53. The van der Waals surface area contributed by atoms with Crippen LogP contribution in [-0.4, -0.2) is 13.2 Å². The average molecular weight is 401 g/mol. The van der Waals surface area contributed by atoms with E-state index < -0.39 is 0 Å². The lowest BCUT2D eigenvalue weighted by atomic mass is 10.2. The van der Waals surface area contributed by atoms with Crippen LogP contribution < -0.4 is 10.5 Å². The van der Waals surface area contributed by atoms with Gasteiger partial charge in [0.1, 0.15) is 12.4 Å². The molecule has 0 amide bonds. The van der Waals surface area contributed by atoms with Crippen LogP contribution in [0.15, 0.2) is 24.3 Å². The molecule has 32 heavy (non-hydrogen) atoms. The second-order valence-electron chi connectivity index (χ2n) is 4.78. The van der Waals surface area contributed by atoms with Crippen LogP contribution >= 0.6 is 0 Å². The maximum atomic E-state index is 5.51. The van der Waals surface area contributed by atoms with Crippen LogP contribution in [0.5, 0.6) is 5.75 Å². The molecule has 0 heterocycles. The molecule has 0 fully saturated rings. The summed E-state index contributed by atoms with van der Waals surface area (Å²) in [5.74, 6) is 53.5. The van der Waals surface area contributed by atoms with Crippen molar-refractivity contribution in [1.29, 1.82) is 0 Å². The fraction of sp³-hybridized carbons (Fsp3) is 0.0667. The second-order valence-corrected chi connectivity index (χ2v) is 4.78. The fourth-order valence-electron chi connectivity index (χ4n) is 1.53. The largest absolute Gasteiger partial charge is 0.491 e. The standard InChI is InChI=1S/C30H11NO/c1-2-3-4-5-6-7-8-9-10-11-12-13-14-15-16-17-18-19-20-21-24-29-25-22-23-26-30(29)32-28-27-31/h1,22-23,25-26H,27-28,31H2. The molecule has 0 aliphatic carbocycles. The van der Waals surface area contributed by atoms with Gasteiger partial charge in [-0.1, -0.05) is 12.1 Å². The van der Waals surface area contributed by atoms with Gasteiger partial charge in [0.15, 0.2) is 0 Å². The monoisotopic (exact) mass is 401 g/mol. The maximum absolute atomic E-state index is 5.51. The molecular weight excluding hydrogens is 390 g/mol. The molecule has 0 atom stereocenters. The third kappa shape index (κ3) is 13.3. The molecule has 0 spiro atoms. The minimum Gasteiger partial charge on any atom is -0.491 e. The Kier molecular flexibility index (Phi) is 14.0. The average Bonchev–Trinajstić information content (AvgIpc) is 2.82. The van der Waals surface area contributed by atoms with E-state index in [2.05, 4.69) is 124 Å². The lowest BCUT2D eigenvalue weighted by Crippen LogP contribution is -2.11. The lowest BCUT2D eigenvalue weighted by Gasteiger charge is -2.05. The summed E-state index contributed by atoms with van der Waals surface area (Å²) in [4.78, 5) is 0. The number of benzene rings is 1. The van der Waals surface area contributed by atoms with Gasteiger partial charge in [-0.05, 0) is 113 Å². The molecule has 0 saturated carbocycles. The quantitative estimate of drug-likeness (QED) is 0.769. The zero-order chi connectivity index (χ0) is 23.0. The Morgan fingerprint density at radius 3 is 1.44 bits per heavy atom. The normalized spacial score (nSPS) is 5.88.